The summed E-state index contributed by atoms with van der Waals surface area (Å²) in [5, 5.41) is 19.8. The minimum atomic E-state index is -0.542. The number of aliphatic hydroxyl groups excluding tert-OH is 1. The van der Waals surface area contributed by atoms with Crippen LogP contribution in [0, 0.1) is 5.92 Å². The maximum atomic E-state index is 10.4. The summed E-state index contributed by atoms with van der Waals surface area (Å²) in [4.78, 5) is 4.49. The van der Waals surface area contributed by atoms with Crippen LogP contribution >= 0.6 is 0 Å². The minimum absolute atomic E-state index is 0.153. The van der Waals surface area contributed by atoms with Gasteiger partial charge in [-0.3, -0.25) is 0 Å². The summed E-state index contributed by atoms with van der Waals surface area (Å²) >= 11 is 0. The number of likely N-dealkylation sites (tertiary alicyclic amines) is 2. The molecule has 4 heteroatoms. The first-order chi connectivity index (χ1) is 7.47. The summed E-state index contributed by atoms with van der Waals surface area (Å²) in [5.74, 6) is 0.421. The molecule has 2 unspecified atom stereocenters. The highest BCUT2D eigenvalue weighted by Crippen LogP contribution is 2.29. The normalized spacial score (nSPS) is 32.6. The Bertz CT molecular complexity index is 239. The zero-order chi connectivity index (χ0) is 11.8. The van der Waals surface area contributed by atoms with E-state index >= 15 is 0 Å². The molecule has 0 saturated carbocycles. The van der Waals surface area contributed by atoms with Crippen molar-refractivity contribution in [2.75, 3.05) is 39.8 Å². The molecule has 0 aromatic rings. The van der Waals surface area contributed by atoms with Gasteiger partial charge >= 0.3 is 0 Å². The fourth-order valence-electron chi connectivity index (χ4n) is 2.70. The lowest BCUT2D eigenvalue weighted by atomic mass is 9.81. The third-order valence-corrected chi connectivity index (χ3v) is 4.13. The highest BCUT2D eigenvalue weighted by Gasteiger charge is 2.39. The average Bonchev–Trinajstić information content (AvgIpc) is 2.57. The predicted molar refractivity (Wildman–Crippen MR) is 63.3 cm³/mol. The lowest BCUT2D eigenvalue weighted by Crippen LogP contribution is -2.55. The lowest BCUT2D eigenvalue weighted by Gasteiger charge is -2.45. The Morgan fingerprint density at radius 2 is 2.00 bits per heavy atom. The van der Waals surface area contributed by atoms with Gasteiger partial charge in [0.15, 0.2) is 0 Å². The number of rotatable bonds is 4. The molecule has 2 rings (SSSR count). The van der Waals surface area contributed by atoms with Crippen LogP contribution in [-0.2, 0) is 0 Å². The van der Waals surface area contributed by atoms with Crippen molar-refractivity contribution < 1.29 is 10.2 Å². The predicted octanol–water partition coefficient (Wildman–Crippen LogP) is -0.244. The maximum absolute atomic E-state index is 10.4. The smallest absolute Gasteiger partial charge is 0.0684 e. The topological polar surface area (TPSA) is 46.9 Å². The quantitative estimate of drug-likeness (QED) is 0.697. The van der Waals surface area contributed by atoms with E-state index in [1.54, 1.807) is 0 Å². The summed E-state index contributed by atoms with van der Waals surface area (Å²) in [6, 6.07) is 0. The third-order valence-electron chi connectivity index (χ3n) is 4.13. The Hall–Kier alpha value is -0.160. The molecule has 94 valence electrons. The van der Waals surface area contributed by atoms with E-state index in [1.165, 1.54) is 0 Å². The van der Waals surface area contributed by atoms with Crippen molar-refractivity contribution in [2.45, 2.75) is 31.5 Å². The largest absolute Gasteiger partial charge is 0.392 e. The van der Waals surface area contributed by atoms with Crippen LogP contribution in [0.2, 0.25) is 0 Å². The van der Waals surface area contributed by atoms with Crippen molar-refractivity contribution in [2.24, 2.45) is 5.92 Å². The fourth-order valence-corrected chi connectivity index (χ4v) is 2.70. The number of hydrogen-bond donors (Lipinski definition) is 2. The number of β-amino-alcohol motifs (C(OH)–C–C–N with tert-alkyl or cyclic N) is 1. The average molecular weight is 228 g/mol. The third kappa shape index (κ3) is 2.74. The second-order valence-electron chi connectivity index (χ2n) is 5.77. The molecule has 2 N–H and O–H groups in total. The molecule has 0 aromatic carbocycles. The van der Waals surface area contributed by atoms with Crippen LogP contribution in [0.4, 0.5) is 0 Å². The Morgan fingerprint density at radius 3 is 2.50 bits per heavy atom. The van der Waals surface area contributed by atoms with Gasteiger partial charge in [0.1, 0.15) is 0 Å². The molecule has 0 aliphatic carbocycles. The summed E-state index contributed by atoms with van der Waals surface area (Å²) in [6.45, 7) is 6.63. The van der Waals surface area contributed by atoms with Crippen molar-refractivity contribution in [3.05, 3.63) is 0 Å². The molecule has 2 aliphatic heterocycles. The van der Waals surface area contributed by atoms with E-state index < -0.39 is 5.60 Å². The molecular formula is C12H24N2O2. The Labute approximate surface area is 97.9 Å². The van der Waals surface area contributed by atoms with Gasteiger partial charge in [0.2, 0.25) is 0 Å². The van der Waals surface area contributed by atoms with Crippen molar-refractivity contribution in [3.63, 3.8) is 0 Å². The molecule has 0 aromatic heterocycles. The summed E-state index contributed by atoms with van der Waals surface area (Å²) < 4.78 is 0. The molecule has 2 atom stereocenters. The Balaban J connectivity index is 1.72. The van der Waals surface area contributed by atoms with Gasteiger partial charge in [0.05, 0.1) is 11.7 Å². The van der Waals surface area contributed by atoms with E-state index in [0.29, 0.717) is 5.92 Å². The van der Waals surface area contributed by atoms with Crippen LogP contribution in [0.25, 0.3) is 0 Å². The molecule has 4 nitrogen and oxygen atoms in total. The second-order valence-corrected chi connectivity index (χ2v) is 5.77. The molecule has 0 bridgehead atoms. The highest BCUT2D eigenvalue weighted by molar-refractivity contribution is 4.92. The van der Waals surface area contributed by atoms with E-state index in [2.05, 4.69) is 16.8 Å². The lowest BCUT2D eigenvalue weighted by molar-refractivity contribution is -0.0745. The van der Waals surface area contributed by atoms with Crippen LogP contribution in [0.15, 0.2) is 0 Å². The molecule has 16 heavy (non-hydrogen) atoms. The summed E-state index contributed by atoms with van der Waals surface area (Å²) in [7, 11) is 2.09. The van der Waals surface area contributed by atoms with Gasteiger partial charge in [-0.1, -0.05) is 0 Å². The molecule has 0 spiro atoms. The molecule has 2 heterocycles. The van der Waals surface area contributed by atoms with E-state index in [-0.39, 0.29) is 6.10 Å². The molecule has 2 fully saturated rings. The highest BCUT2D eigenvalue weighted by atomic mass is 16.3. The Morgan fingerprint density at radius 1 is 1.31 bits per heavy atom. The van der Waals surface area contributed by atoms with Gasteiger partial charge in [-0.15, -0.1) is 0 Å². The Kier molecular flexibility index (Phi) is 3.54. The number of nitrogens with zero attached hydrogens (tertiary/aromatic N) is 2. The molecule has 2 saturated heterocycles. The van der Waals surface area contributed by atoms with Gasteiger partial charge in [0.25, 0.3) is 0 Å². The summed E-state index contributed by atoms with van der Waals surface area (Å²) in [5.41, 5.74) is -0.542. The van der Waals surface area contributed by atoms with Gasteiger partial charge in [-0.2, -0.15) is 0 Å². The van der Waals surface area contributed by atoms with Crippen molar-refractivity contribution >= 4 is 0 Å². The number of aliphatic hydroxyl groups is 2. The molecular weight excluding hydrogens is 204 g/mol. The van der Waals surface area contributed by atoms with Crippen LogP contribution in [0.3, 0.4) is 0 Å². The number of hydrogen-bond acceptors (Lipinski definition) is 4. The van der Waals surface area contributed by atoms with Gasteiger partial charge in [-0.05, 0) is 26.8 Å². The van der Waals surface area contributed by atoms with Gasteiger partial charge < -0.3 is 20.0 Å². The first-order valence-corrected chi connectivity index (χ1v) is 6.29. The van der Waals surface area contributed by atoms with Crippen LogP contribution in [0.1, 0.15) is 19.8 Å². The molecule has 0 radical (unpaired) electrons. The van der Waals surface area contributed by atoms with Crippen LogP contribution in [0.5, 0.6) is 0 Å². The van der Waals surface area contributed by atoms with E-state index in [9.17, 15) is 10.2 Å². The second kappa shape index (κ2) is 4.61. The monoisotopic (exact) mass is 228 g/mol. The first kappa shape index (κ1) is 12.3. The van der Waals surface area contributed by atoms with Crippen molar-refractivity contribution in [1.82, 2.24) is 9.80 Å². The van der Waals surface area contributed by atoms with Crippen molar-refractivity contribution in [1.29, 1.82) is 0 Å². The molecule has 0 amide bonds. The zero-order valence-electron chi connectivity index (χ0n) is 10.4. The van der Waals surface area contributed by atoms with Gasteiger partial charge in [0, 0.05) is 38.6 Å². The van der Waals surface area contributed by atoms with E-state index in [1.807, 2.05) is 6.92 Å². The van der Waals surface area contributed by atoms with Gasteiger partial charge in [-0.25, -0.2) is 0 Å². The minimum Gasteiger partial charge on any atom is -0.392 e. The van der Waals surface area contributed by atoms with Crippen LogP contribution < -0.4 is 0 Å². The fraction of sp³-hybridized carbons (Fsp3) is 1.00. The van der Waals surface area contributed by atoms with E-state index in [4.69, 9.17) is 0 Å². The maximum Gasteiger partial charge on any atom is 0.0684 e. The summed E-state index contributed by atoms with van der Waals surface area (Å²) in [6.07, 6.45) is 1.55. The molecule has 2 aliphatic rings. The SMILES string of the molecule is CN1CC(C(C)(O)CCN2CCC(O)C2)C1. The van der Waals surface area contributed by atoms with Crippen molar-refractivity contribution in [3.8, 4) is 0 Å². The zero-order valence-corrected chi connectivity index (χ0v) is 10.4. The standard InChI is InChI=1S/C12H24N2O2/c1-12(16,10-7-13(2)8-10)4-6-14-5-3-11(15)9-14/h10-11,15-16H,3-9H2,1-2H3. The van der Waals surface area contributed by atoms with E-state index in [0.717, 1.165) is 45.6 Å². The van der Waals surface area contributed by atoms with Crippen LogP contribution in [-0.4, -0.2) is 71.5 Å². The first-order valence-electron chi connectivity index (χ1n) is 6.29.